The summed E-state index contributed by atoms with van der Waals surface area (Å²) in [4.78, 5) is 24.5. The third-order valence-corrected chi connectivity index (χ3v) is 7.19. The molecule has 2 fully saturated rings. The van der Waals surface area contributed by atoms with Gasteiger partial charge in [0.2, 0.25) is 12.7 Å². The number of aryl methyl sites for hydroxylation is 1. The first-order valence-electron chi connectivity index (χ1n) is 11.8. The lowest BCUT2D eigenvalue weighted by atomic mass is 9.84. The van der Waals surface area contributed by atoms with Crippen LogP contribution >= 0.6 is 0 Å². The van der Waals surface area contributed by atoms with E-state index in [1.54, 1.807) is 0 Å². The molecule has 1 amide bonds. The molecular weight excluding hydrogens is 404 g/mol. The van der Waals surface area contributed by atoms with Crippen molar-refractivity contribution in [2.45, 2.75) is 56.9 Å². The Morgan fingerprint density at radius 2 is 1.91 bits per heavy atom. The van der Waals surface area contributed by atoms with Gasteiger partial charge in [0.1, 0.15) is 11.3 Å². The second kappa shape index (κ2) is 8.11. The Morgan fingerprint density at radius 3 is 2.72 bits per heavy atom. The van der Waals surface area contributed by atoms with E-state index >= 15 is 0 Å². The van der Waals surface area contributed by atoms with Crippen LogP contribution in [0.15, 0.2) is 36.5 Å². The molecular formula is C25H28N4O3. The Labute approximate surface area is 187 Å². The molecule has 0 radical (unpaired) electrons. The molecule has 1 aromatic carbocycles. The average molecular weight is 433 g/mol. The molecule has 7 heteroatoms. The molecule has 2 aliphatic heterocycles. The maximum atomic E-state index is 12.9. The summed E-state index contributed by atoms with van der Waals surface area (Å²) in [6, 6.07) is 10.3. The summed E-state index contributed by atoms with van der Waals surface area (Å²) in [5.74, 6) is 3.56. The van der Waals surface area contributed by atoms with Crippen LogP contribution in [0.5, 0.6) is 11.5 Å². The van der Waals surface area contributed by atoms with Gasteiger partial charge in [-0.3, -0.25) is 4.79 Å². The van der Waals surface area contributed by atoms with Crippen LogP contribution < -0.4 is 9.47 Å². The summed E-state index contributed by atoms with van der Waals surface area (Å²) in [6.45, 7) is 1.86. The number of rotatable bonds is 5. The minimum Gasteiger partial charge on any atom is -0.454 e. The second-order valence-electron chi connectivity index (χ2n) is 9.11. The number of fused-ring (bicyclic) bond motifs is 2. The van der Waals surface area contributed by atoms with Gasteiger partial charge in [0.25, 0.3) is 0 Å². The van der Waals surface area contributed by atoms with Gasteiger partial charge < -0.3 is 18.9 Å². The number of hydrogen-bond donors (Lipinski definition) is 0. The highest BCUT2D eigenvalue weighted by Gasteiger charge is 2.31. The van der Waals surface area contributed by atoms with E-state index in [2.05, 4.69) is 15.6 Å². The molecule has 32 heavy (non-hydrogen) atoms. The van der Waals surface area contributed by atoms with Crippen LogP contribution in [-0.2, 0) is 11.2 Å². The first-order chi connectivity index (χ1) is 15.8. The van der Waals surface area contributed by atoms with E-state index in [1.807, 2.05) is 35.4 Å². The zero-order valence-corrected chi connectivity index (χ0v) is 18.2. The minimum absolute atomic E-state index is 0.231. The quantitative estimate of drug-likeness (QED) is 0.604. The molecule has 3 aliphatic rings. The summed E-state index contributed by atoms with van der Waals surface area (Å²) in [5.41, 5.74) is 3.11. The number of imidazole rings is 1. The van der Waals surface area contributed by atoms with Gasteiger partial charge in [-0.1, -0.05) is 12.5 Å². The molecule has 0 spiro atoms. The first kappa shape index (κ1) is 19.6. The molecule has 0 atom stereocenters. The van der Waals surface area contributed by atoms with Crippen molar-refractivity contribution in [3.63, 3.8) is 0 Å². The maximum absolute atomic E-state index is 12.9. The van der Waals surface area contributed by atoms with Crippen molar-refractivity contribution in [2.24, 2.45) is 0 Å². The standard InChI is InChI=1S/C25H28N4O3/c30-23(9-7-17-6-8-21-22(15-17)32-16-31-21)28-13-10-19(11-14-28)29-24(18-3-1-4-18)27-20-5-2-12-26-25(20)29/h2,5-6,8,12,15,18-19H,1,3-4,7,9-11,13-14,16H2. The van der Waals surface area contributed by atoms with Gasteiger partial charge in [-0.25, -0.2) is 9.97 Å². The van der Waals surface area contributed by atoms with Gasteiger partial charge >= 0.3 is 0 Å². The first-order valence-corrected chi connectivity index (χ1v) is 11.8. The Bertz CT molecular complexity index is 1150. The Kier molecular flexibility index (Phi) is 4.97. The Hall–Kier alpha value is -3.09. The number of benzene rings is 1. The summed E-state index contributed by atoms with van der Waals surface area (Å²) in [7, 11) is 0. The predicted molar refractivity (Wildman–Crippen MR) is 120 cm³/mol. The lowest BCUT2D eigenvalue weighted by Gasteiger charge is -2.35. The van der Waals surface area contributed by atoms with Crippen molar-refractivity contribution in [3.8, 4) is 11.5 Å². The van der Waals surface area contributed by atoms with Gasteiger partial charge in [-0.05, 0) is 61.9 Å². The smallest absolute Gasteiger partial charge is 0.231 e. The van der Waals surface area contributed by atoms with Gasteiger partial charge in [0.05, 0.1) is 0 Å². The summed E-state index contributed by atoms with van der Waals surface area (Å²) in [5, 5.41) is 0. The number of carbonyl (C=O) groups is 1. The highest BCUT2D eigenvalue weighted by atomic mass is 16.7. The van der Waals surface area contributed by atoms with Crippen molar-refractivity contribution in [1.29, 1.82) is 0 Å². The van der Waals surface area contributed by atoms with Crippen LogP contribution in [-0.4, -0.2) is 45.2 Å². The number of likely N-dealkylation sites (tertiary alicyclic amines) is 1. The van der Waals surface area contributed by atoms with Crippen LogP contribution in [0.3, 0.4) is 0 Å². The van der Waals surface area contributed by atoms with E-state index in [0.29, 0.717) is 18.4 Å². The molecule has 0 N–H and O–H groups in total. The van der Waals surface area contributed by atoms with Crippen molar-refractivity contribution >= 4 is 17.1 Å². The van der Waals surface area contributed by atoms with Crippen molar-refractivity contribution < 1.29 is 14.3 Å². The summed E-state index contributed by atoms with van der Waals surface area (Å²) in [6.07, 6.45) is 8.75. The van der Waals surface area contributed by atoms with E-state index in [-0.39, 0.29) is 12.7 Å². The van der Waals surface area contributed by atoms with Crippen LogP contribution in [0.1, 0.15) is 61.9 Å². The molecule has 166 valence electrons. The molecule has 0 unspecified atom stereocenters. The molecule has 6 rings (SSSR count). The predicted octanol–water partition coefficient (Wildman–Crippen LogP) is 4.22. The van der Waals surface area contributed by atoms with Crippen molar-refractivity contribution in [1.82, 2.24) is 19.4 Å². The molecule has 1 aliphatic carbocycles. The zero-order chi connectivity index (χ0) is 21.5. The van der Waals surface area contributed by atoms with Crippen molar-refractivity contribution in [2.75, 3.05) is 19.9 Å². The number of aromatic nitrogens is 3. The molecule has 1 saturated carbocycles. The second-order valence-corrected chi connectivity index (χ2v) is 9.11. The molecule has 3 aromatic rings. The summed E-state index contributed by atoms with van der Waals surface area (Å²) >= 11 is 0. The Morgan fingerprint density at radius 1 is 1.06 bits per heavy atom. The van der Waals surface area contributed by atoms with Crippen molar-refractivity contribution in [3.05, 3.63) is 47.9 Å². The van der Waals surface area contributed by atoms with E-state index in [9.17, 15) is 4.79 Å². The average Bonchev–Trinajstić information content (AvgIpc) is 3.40. The zero-order valence-electron chi connectivity index (χ0n) is 18.2. The third kappa shape index (κ3) is 3.49. The number of amides is 1. The highest BCUT2D eigenvalue weighted by Crippen LogP contribution is 2.40. The van der Waals surface area contributed by atoms with Crippen LogP contribution in [0.25, 0.3) is 11.2 Å². The number of pyridine rings is 1. The van der Waals surface area contributed by atoms with Gasteiger partial charge in [0.15, 0.2) is 17.1 Å². The molecule has 0 bridgehead atoms. The van der Waals surface area contributed by atoms with Crippen LogP contribution in [0.4, 0.5) is 0 Å². The molecule has 7 nitrogen and oxygen atoms in total. The van der Waals surface area contributed by atoms with E-state index in [0.717, 1.165) is 60.6 Å². The van der Waals surface area contributed by atoms with Gasteiger partial charge in [0, 0.05) is 37.7 Å². The van der Waals surface area contributed by atoms with Gasteiger partial charge in [-0.2, -0.15) is 0 Å². The lowest BCUT2D eigenvalue weighted by Crippen LogP contribution is -2.39. The maximum Gasteiger partial charge on any atom is 0.231 e. The molecule has 1 saturated heterocycles. The van der Waals surface area contributed by atoms with Gasteiger partial charge in [-0.15, -0.1) is 0 Å². The highest BCUT2D eigenvalue weighted by molar-refractivity contribution is 5.76. The summed E-state index contributed by atoms with van der Waals surface area (Å²) < 4.78 is 13.2. The van der Waals surface area contributed by atoms with E-state index in [4.69, 9.17) is 14.5 Å². The monoisotopic (exact) mass is 432 g/mol. The van der Waals surface area contributed by atoms with Crippen LogP contribution in [0, 0.1) is 0 Å². The normalized spacial score (nSPS) is 18.8. The van der Waals surface area contributed by atoms with Crippen LogP contribution in [0.2, 0.25) is 0 Å². The fourth-order valence-corrected chi connectivity index (χ4v) is 5.14. The number of piperidine rings is 1. The fraction of sp³-hybridized carbons (Fsp3) is 0.480. The number of nitrogens with zero attached hydrogens (tertiary/aromatic N) is 4. The number of hydrogen-bond acceptors (Lipinski definition) is 5. The molecule has 4 heterocycles. The molecule has 2 aromatic heterocycles. The largest absolute Gasteiger partial charge is 0.454 e. The van der Waals surface area contributed by atoms with E-state index < -0.39 is 0 Å². The number of carbonyl (C=O) groups excluding carboxylic acids is 1. The SMILES string of the molecule is O=C(CCc1ccc2c(c1)OCO2)N1CCC(n2c(C3CCC3)nc3cccnc32)CC1. The van der Waals surface area contributed by atoms with E-state index in [1.165, 1.54) is 25.1 Å². The minimum atomic E-state index is 0.231. The number of ether oxygens (including phenoxy) is 2. The Balaban J connectivity index is 1.11. The lowest BCUT2D eigenvalue weighted by molar-refractivity contribution is -0.132. The fourth-order valence-electron chi connectivity index (χ4n) is 5.14. The topological polar surface area (TPSA) is 69.5 Å². The third-order valence-electron chi connectivity index (χ3n) is 7.19.